The highest BCUT2D eigenvalue weighted by atomic mass is 32.1. The molecule has 2 N–H and O–H groups in total. The van der Waals surface area contributed by atoms with Crippen LogP contribution < -0.4 is 20.1 Å². The number of nitrogens with zero attached hydrogens (tertiary/aromatic N) is 1. The van der Waals surface area contributed by atoms with E-state index in [4.69, 9.17) is 9.47 Å². The molecule has 0 radical (unpaired) electrons. The zero-order valence-electron chi connectivity index (χ0n) is 16.6. The van der Waals surface area contributed by atoms with Crippen molar-refractivity contribution in [2.75, 3.05) is 20.8 Å². The van der Waals surface area contributed by atoms with Crippen LogP contribution in [-0.2, 0) is 15.1 Å². The number of urea groups is 1. The molecule has 1 aliphatic rings. The number of carbonyl (C=O) groups excluding carboxylic acids is 3. The number of methoxy groups -OCH3 is 2. The summed E-state index contributed by atoms with van der Waals surface area (Å²) in [6.45, 7) is 3.09. The average Bonchev–Trinajstić information content (AvgIpc) is 3.31. The van der Waals surface area contributed by atoms with E-state index in [1.54, 1.807) is 25.1 Å². The lowest BCUT2D eigenvalue weighted by molar-refractivity contribution is -0.135. The molecule has 2 heterocycles. The first kappa shape index (κ1) is 20.7. The number of nitrogens with one attached hydrogen (secondary N) is 2. The maximum atomic E-state index is 13.0. The van der Waals surface area contributed by atoms with Crippen molar-refractivity contribution in [3.05, 3.63) is 46.2 Å². The number of thiophene rings is 1. The van der Waals surface area contributed by atoms with Gasteiger partial charge in [0, 0.05) is 4.88 Å². The number of hydrogen-bond donors (Lipinski definition) is 2. The minimum absolute atomic E-state index is 0.208. The predicted molar refractivity (Wildman–Crippen MR) is 108 cm³/mol. The van der Waals surface area contributed by atoms with Crippen LogP contribution in [0, 0.1) is 0 Å². The monoisotopic (exact) mass is 417 g/mol. The fourth-order valence-corrected chi connectivity index (χ4v) is 3.96. The molecule has 1 saturated heterocycles. The molecule has 9 heteroatoms. The van der Waals surface area contributed by atoms with Crippen LogP contribution in [0.5, 0.6) is 11.5 Å². The minimum atomic E-state index is -1.31. The second-order valence-electron chi connectivity index (χ2n) is 6.82. The molecule has 1 fully saturated rings. The van der Waals surface area contributed by atoms with Crippen molar-refractivity contribution in [3.63, 3.8) is 0 Å². The Hall–Kier alpha value is -3.07. The number of benzene rings is 1. The molecule has 1 aliphatic heterocycles. The largest absolute Gasteiger partial charge is 0.493 e. The third-order valence-corrected chi connectivity index (χ3v) is 5.94. The summed E-state index contributed by atoms with van der Waals surface area (Å²) in [7, 11) is 3.00. The molecule has 4 amide bonds. The molecule has 0 saturated carbocycles. The van der Waals surface area contributed by atoms with Crippen LogP contribution in [0.25, 0.3) is 0 Å². The van der Waals surface area contributed by atoms with Gasteiger partial charge in [0.15, 0.2) is 11.5 Å². The van der Waals surface area contributed by atoms with Gasteiger partial charge in [0.25, 0.3) is 5.91 Å². The summed E-state index contributed by atoms with van der Waals surface area (Å²) < 4.78 is 10.5. The van der Waals surface area contributed by atoms with Crippen molar-refractivity contribution in [3.8, 4) is 11.5 Å². The summed E-state index contributed by atoms with van der Waals surface area (Å²) in [4.78, 5) is 39.8. The normalized spacial score (nSPS) is 19.7. The maximum absolute atomic E-state index is 13.0. The van der Waals surface area contributed by atoms with Crippen LogP contribution in [0.15, 0.2) is 35.7 Å². The number of imide groups is 1. The Kier molecular flexibility index (Phi) is 5.78. The fourth-order valence-electron chi connectivity index (χ4n) is 3.22. The number of hydrogen-bond acceptors (Lipinski definition) is 6. The maximum Gasteiger partial charge on any atom is 0.325 e. The van der Waals surface area contributed by atoms with E-state index >= 15 is 0 Å². The smallest absolute Gasteiger partial charge is 0.325 e. The van der Waals surface area contributed by atoms with Crippen molar-refractivity contribution < 1.29 is 23.9 Å². The van der Waals surface area contributed by atoms with Crippen molar-refractivity contribution in [1.82, 2.24) is 15.5 Å². The molecule has 8 nitrogen and oxygen atoms in total. The van der Waals surface area contributed by atoms with Gasteiger partial charge in [-0.05, 0) is 43.0 Å². The summed E-state index contributed by atoms with van der Waals surface area (Å²) in [5, 5.41) is 7.42. The summed E-state index contributed by atoms with van der Waals surface area (Å²) >= 11 is 1.52. The standard InChI is InChI=1S/C20H23N3O5S/c1-12(16-6-5-9-29-16)21-17(24)11-23-18(25)20(2,22-19(23)26)13-7-8-14(27-3)15(10-13)28-4/h5-10,12H,11H2,1-4H3,(H,21,24)(H,22,26). The molecular weight excluding hydrogens is 394 g/mol. The highest BCUT2D eigenvalue weighted by Gasteiger charge is 2.49. The first-order valence-corrected chi connectivity index (χ1v) is 9.87. The lowest BCUT2D eigenvalue weighted by atomic mass is 9.91. The Bertz CT molecular complexity index is 930. The van der Waals surface area contributed by atoms with E-state index < -0.39 is 23.4 Å². The lowest BCUT2D eigenvalue weighted by Crippen LogP contribution is -2.43. The SMILES string of the molecule is COc1ccc(C2(C)NC(=O)N(CC(=O)NC(C)c3cccs3)C2=O)cc1OC. The third kappa shape index (κ3) is 3.91. The second kappa shape index (κ2) is 8.12. The Balaban J connectivity index is 1.76. The van der Waals surface area contributed by atoms with Gasteiger partial charge in [0.05, 0.1) is 20.3 Å². The van der Waals surface area contributed by atoms with Crippen LogP contribution in [-0.4, -0.2) is 43.5 Å². The minimum Gasteiger partial charge on any atom is -0.493 e. The van der Waals surface area contributed by atoms with Gasteiger partial charge in [0.2, 0.25) is 5.91 Å². The van der Waals surface area contributed by atoms with E-state index in [0.717, 1.165) is 9.78 Å². The van der Waals surface area contributed by atoms with Crippen LogP contribution >= 0.6 is 11.3 Å². The van der Waals surface area contributed by atoms with E-state index in [-0.39, 0.29) is 12.6 Å². The van der Waals surface area contributed by atoms with Crippen LogP contribution in [0.4, 0.5) is 4.79 Å². The zero-order chi connectivity index (χ0) is 21.2. The van der Waals surface area contributed by atoms with Gasteiger partial charge in [-0.15, -0.1) is 11.3 Å². The van der Waals surface area contributed by atoms with Gasteiger partial charge in [0.1, 0.15) is 12.1 Å². The molecule has 1 aromatic carbocycles. The van der Waals surface area contributed by atoms with Crippen molar-refractivity contribution >= 4 is 29.2 Å². The molecule has 0 bridgehead atoms. The Morgan fingerprint density at radius 3 is 2.59 bits per heavy atom. The van der Waals surface area contributed by atoms with E-state index in [2.05, 4.69) is 10.6 Å². The van der Waals surface area contributed by atoms with E-state index in [9.17, 15) is 14.4 Å². The molecule has 154 valence electrons. The number of carbonyl (C=O) groups is 3. The molecule has 2 unspecified atom stereocenters. The van der Waals surface area contributed by atoms with Gasteiger partial charge in [-0.2, -0.15) is 0 Å². The van der Waals surface area contributed by atoms with Gasteiger partial charge >= 0.3 is 6.03 Å². The Morgan fingerprint density at radius 2 is 1.97 bits per heavy atom. The summed E-state index contributed by atoms with van der Waals surface area (Å²) in [5.41, 5.74) is -0.778. The van der Waals surface area contributed by atoms with Crippen LogP contribution in [0.1, 0.15) is 30.3 Å². The third-order valence-electron chi connectivity index (χ3n) is 4.89. The zero-order valence-corrected chi connectivity index (χ0v) is 17.5. The highest BCUT2D eigenvalue weighted by Crippen LogP contribution is 2.35. The van der Waals surface area contributed by atoms with Gasteiger partial charge in [-0.3, -0.25) is 14.5 Å². The van der Waals surface area contributed by atoms with Crippen LogP contribution in [0.2, 0.25) is 0 Å². The lowest BCUT2D eigenvalue weighted by Gasteiger charge is -2.23. The topological polar surface area (TPSA) is 97.0 Å². The van der Waals surface area contributed by atoms with Gasteiger partial charge in [-0.25, -0.2) is 4.79 Å². The number of rotatable bonds is 7. The summed E-state index contributed by atoms with van der Waals surface area (Å²) in [5.74, 6) is 0.0317. The van der Waals surface area contributed by atoms with Crippen molar-refractivity contribution in [1.29, 1.82) is 0 Å². The molecule has 1 aromatic heterocycles. The van der Waals surface area contributed by atoms with E-state index in [1.807, 2.05) is 24.4 Å². The first-order valence-electron chi connectivity index (χ1n) is 8.99. The van der Waals surface area contributed by atoms with Gasteiger partial charge in [-0.1, -0.05) is 12.1 Å². The van der Waals surface area contributed by atoms with E-state index in [0.29, 0.717) is 17.1 Å². The molecular formula is C20H23N3O5S. The molecule has 2 atom stereocenters. The molecule has 2 aromatic rings. The predicted octanol–water partition coefficient (Wildman–Crippen LogP) is 2.41. The first-order chi connectivity index (χ1) is 13.8. The van der Waals surface area contributed by atoms with Crippen LogP contribution in [0.3, 0.4) is 0 Å². The Morgan fingerprint density at radius 1 is 1.24 bits per heavy atom. The summed E-state index contributed by atoms with van der Waals surface area (Å²) in [6, 6.07) is 7.97. The number of ether oxygens (including phenoxy) is 2. The van der Waals surface area contributed by atoms with Crippen molar-refractivity contribution in [2.24, 2.45) is 0 Å². The average molecular weight is 417 g/mol. The van der Waals surface area contributed by atoms with E-state index in [1.165, 1.54) is 25.6 Å². The molecule has 29 heavy (non-hydrogen) atoms. The second-order valence-corrected chi connectivity index (χ2v) is 7.80. The molecule has 0 spiro atoms. The number of amides is 4. The molecule has 0 aliphatic carbocycles. The van der Waals surface area contributed by atoms with Crippen molar-refractivity contribution in [2.45, 2.75) is 25.4 Å². The quantitative estimate of drug-likeness (QED) is 0.675. The summed E-state index contributed by atoms with van der Waals surface area (Å²) in [6.07, 6.45) is 0. The fraction of sp³-hybridized carbons (Fsp3) is 0.350. The molecule has 3 rings (SSSR count). The Labute approximate surface area is 172 Å². The van der Waals surface area contributed by atoms with Gasteiger partial charge < -0.3 is 20.1 Å². The highest BCUT2D eigenvalue weighted by molar-refractivity contribution is 7.10.